The van der Waals surface area contributed by atoms with Gasteiger partial charge in [0, 0.05) is 22.0 Å². The van der Waals surface area contributed by atoms with Crippen molar-refractivity contribution < 1.29 is 19.1 Å². The first-order valence-electron chi connectivity index (χ1n) is 10.8. The van der Waals surface area contributed by atoms with Crippen LogP contribution in [0.25, 0.3) is 32.9 Å². The van der Waals surface area contributed by atoms with E-state index >= 15 is 0 Å². The third-order valence-corrected chi connectivity index (χ3v) is 5.07. The second-order valence-electron chi connectivity index (χ2n) is 7.26. The quantitative estimate of drug-likeness (QED) is 0.233. The van der Waals surface area contributed by atoms with Gasteiger partial charge in [-0.2, -0.15) is 0 Å². The lowest BCUT2D eigenvalue weighted by molar-refractivity contribution is -0.140. The number of carbonyl (C=O) groups is 2. The van der Waals surface area contributed by atoms with E-state index in [1.165, 1.54) is 0 Å². The minimum absolute atomic E-state index is 0.00118. The fourth-order valence-corrected chi connectivity index (χ4v) is 3.70. The molecule has 4 aromatic rings. The highest BCUT2D eigenvalue weighted by Crippen LogP contribution is 2.35. The number of nitrogens with zero attached hydrogens (tertiary/aromatic N) is 1. The van der Waals surface area contributed by atoms with Gasteiger partial charge in [-0.3, -0.25) is 0 Å². The maximum atomic E-state index is 12.4. The molecule has 4 rings (SSSR count). The third-order valence-electron chi connectivity index (χ3n) is 5.07. The van der Waals surface area contributed by atoms with Crippen molar-refractivity contribution in [2.24, 2.45) is 0 Å². The summed E-state index contributed by atoms with van der Waals surface area (Å²) in [5, 5.41) is 5.04. The van der Waals surface area contributed by atoms with E-state index in [0.717, 1.165) is 39.0 Å². The van der Waals surface area contributed by atoms with Crippen LogP contribution in [0.15, 0.2) is 84.6 Å². The normalized spacial score (nSPS) is 11.4. The molecule has 0 atom stereocenters. The van der Waals surface area contributed by atoms with Gasteiger partial charge in [0.1, 0.15) is 5.70 Å². The fraction of sp³-hybridized carbons (Fsp3) is 0.148. The van der Waals surface area contributed by atoms with Gasteiger partial charge < -0.3 is 14.8 Å². The molecule has 0 aliphatic rings. The average Bonchev–Trinajstić information content (AvgIpc) is 2.83. The third kappa shape index (κ3) is 4.85. The second kappa shape index (κ2) is 9.96. The number of para-hydroxylation sites is 1. The standard InChI is InChI=1S/C27H24N2O4/c1-3-32-25(30)17-24(27(31)33-4-2)28-19-14-15-21-23(16-19)29-22-13-9-8-12-20(22)26(21)18-10-6-5-7-11-18/h5-17,28H,3-4H2,1-2H3. The molecule has 0 radical (unpaired) electrons. The van der Waals surface area contributed by atoms with Crippen LogP contribution in [-0.2, 0) is 19.1 Å². The van der Waals surface area contributed by atoms with Gasteiger partial charge in [0.05, 0.1) is 30.3 Å². The molecule has 0 spiro atoms. The summed E-state index contributed by atoms with van der Waals surface area (Å²) in [5.41, 5.74) is 4.42. The number of nitrogens with one attached hydrogen (secondary N) is 1. The minimum atomic E-state index is -0.637. The molecular formula is C27H24N2O4. The topological polar surface area (TPSA) is 77.5 Å². The Morgan fingerprint density at radius 3 is 2.30 bits per heavy atom. The Balaban J connectivity index is 1.81. The molecule has 0 unspecified atom stereocenters. The van der Waals surface area contributed by atoms with Gasteiger partial charge in [-0.1, -0.05) is 54.6 Å². The van der Waals surface area contributed by atoms with E-state index in [9.17, 15) is 9.59 Å². The number of anilines is 1. The fourth-order valence-electron chi connectivity index (χ4n) is 3.70. The van der Waals surface area contributed by atoms with Crippen molar-refractivity contribution in [3.05, 3.63) is 84.6 Å². The highest BCUT2D eigenvalue weighted by molar-refractivity contribution is 6.10. The second-order valence-corrected chi connectivity index (χ2v) is 7.26. The Morgan fingerprint density at radius 1 is 0.848 bits per heavy atom. The summed E-state index contributed by atoms with van der Waals surface area (Å²) in [7, 11) is 0. The van der Waals surface area contributed by atoms with Crippen molar-refractivity contribution in [1.29, 1.82) is 0 Å². The molecule has 1 aromatic heterocycles. The van der Waals surface area contributed by atoms with Crippen molar-refractivity contribution in [3.63, 3.8) is 0 Å². The minimum Gasteiger partial charge on any atom is -0.463 e. The molecule has 0 saturated heterocycles. The maximum absolute atomic E-state index is 12.4. The predicted octanol–water partition coefficient (Wildman–Crippen LogP) is 5.48. The number of benzene rings is 3. The molecule has 0 bridgehead atoms. The van der Waals surface area contributed by atoms with Crippen molar-refractivity contribution in [3.8, 4) is 11.1 Å². The summed E-state index contributed by atoms with van der Waals surface area (Å²) in [6.07, 6.45) is 1.11. The van der Waals surface area contributed by atoms with Crippen molar-refractivity contribution in [2.45, 2.75) is 13.8 Å². The summed E-state index contributed by atoms with van der Waals surface area (Å²) in [5.74, 6) is -1.26. The van der Waals surface area contributed by atoms with Crippen LogP contribution in [0.5, 0.6) is 0 Å². The Labute approximate surface area is 191 Å². The number of pyridine rings is 1. The molecule has 1 N–H and O–H groups in total. The molecule has 6 nitrogen and oxygen atoms in total. The first kappa shape index (κ1) is 22.0. The number of aromatic nitrogens is 1. The number of hydrogen-bond donors (Lipinski definition) is 1. The summed E-state index contributed by atoms with van der Waals surface area (Å²) in [4.78, 5) is 29.2. The monoisotopic (exact) mass is 440 g/mol. The highest BCUT2D eigenvalue weighted by Gasteiger charge is 2.16. The van der Waals surface area contributed by atoms with Crippen LogP contribution in [0.2, 0.25) is 0 Å². The van der Waals surface area contributed by atoms with E-state index in [4.69, 9.17) is 14.5 Å². The Hall–Kier alpha value is -4.19. The lowest BCUT2D eigenvalue weighted by Crippen LogP contribution is -2.17. The molecule has 166 valence electrons. The van der Waals surface area contributed by atoms with E-state index in [1.54, 1.807) is 13.8 Å². The molecule has 0 saturated carbocycles. The molecule has 6 heteroatoms. The van der Waals surface area contributed by atoms with Crippen LogP contribution in [-0.4, -0.2) is 30.1 Å². The Morgan fingerprint density at radius 2 is 1.55 bits per heavy atom. The number of rotatable bonds is 7. The summed E-state index contributed by atoms with van der Waals surface area (Å²) in [6, 6.07) is 23.8. The smallest absolute Gasteiger partial charge is 0.355 e. The zero-order valence-corrected chi connectivity index (χ0v) is 18.5. The van der Waals surface area contributed by atoms with E-state index in [1.807, 2.05) is 54.6 Å². The molecule has 0 aliphatic heterocycles. The van der Waals surface area contributed by atoms with E-state index < -0.39 is 11.9 Å². The molecule has 0 aliphatic carbocycles. The van der Waals surface area contributed by atoms with Crippen molar-refractivity contribution >= 4 is 39.4 Å². The van der Waals surface area contributed by atoms with Gasteiger partial charge >= 0.3 is 11.9 Å². The van der Waals surface area contributed by atoms with Gasteiger partial charge in [-0.15, -0.1) is 0 Å². The maximum Gasteiger partial charge on any atom is 0.355 e. The first-order chi connectivity index (χ1) is 16.1. The van der Waals surface area contributed by atoms with Gasteiger partial charge in [0.2, 0.25) is 0 Å². The first-order valence-corrected chi connectivity index (χ1v) is 10.8. The Kier molecular flexibility index (Phi) is 6.64. The predicted molar refractivity (Wildman–Crippen MR) is 130 cm³/mol. The lowest BCUT2D eigenvalue weighted by atomic mass is 9.96. The number of carbonyl (C=O) groups excluding carboxylic acids is 2. The van der Waals surface area contributed by atoms with Gasteiger partial charge in [-0.25, -0.2) is 14.6 Å². The zero-order chi connectivity index (χ0) is 23.2. The van der Waals surface area contributed by atoms with E-state index in [-0.39, 0.29) is 18.9 Å². The molecule has 0 fully saturated rings. The molecule has 3 aromatic carbocycles. The molecule has 1 heterocycles. The molecule has 0 amide bonds. The Bertz CT molecular complexity index is 1350. The van der Waals surface area contributed by atoms with Crippen LogP contribution in [0, 0.1) is 0 Å². The van der Waals surface area contributed by atoms with E-state index in [0.29, 0.717) is 5.69 Å². The summed E-state index contributed by atoms with van der Waals surface area (Å²) in [6.45, 7) is 3.80. The van der Waals surface area contributed by atoms with Gasteiger partial charge in [0.25, 0.3) is 0 Å². The van der Waals surface area contributed by atoms with Crippen LogP contribution in [0.4, 0.5) is 5.69 Å². The number of hydrogen-bond acceptors (Lipinski definition) is 6. The lowest BCUT2D eigenvalue weighted by Gasteiger charge is -2.14. The highest BCUT2D eigenvalue weighted by atomic mass is 16.5. The van der Waals surface area contributed by atoms with Gasteiger partial charge in [-0.05, 0) is 37.6 Å². The zero-order valence-electron chi connectivity index (χ0n) is 18.5. The number of fused-ring (bicyclic) bond motifs is 2. The van der Waals surface area contributed by atoms with Crippen LogP contribution >= 0.6 is 0 Å². The SMILES string of the molecule is CCOC(=O)C=C(Nc1ccc2c(-c3ccccc3)c3ccccc3nc2c1)C(=O)OCC. The van der Waals surface area contributed by atoms with Crippen LogP contribution < -0.4 is 5.32 Å². The molecule has 33 heavy (non-hydrogen) atoms. The molecular weight excluding hydrogens is 416 g/mol. The largest absolute Gasteiger partial charge is 0.463 e. The van der Waals surface area contributed by atoms with Crippen molar-refractivity contribution in [1.82, 2.24) is 4.98 Å². The summed E-state index contributed by atoms with van der Waals surface area (Å²) < 4.78 is 10.0. The average molecular weight is 440 g/mol. The van der Waals surface area contributed by atoms with E-state index in [2.05, 4.69) is 23.5 Å². The van der Waals surface area contributed by atoms with Gasteiger partial charge in [0.15, 0.2) is 0 Å². The number of esters is 2. The summed E-state index contributed by atoms with van der Waals surface area (Å²) >= 11 is 0. The van der Waals surface area contributed by atoms with Crippen LogP contribution in [0.1, 0.15) is 13.8 Å². The van der Waals surface area contributed by atoms with Crippen molar-refractivity contribution in [2.75, 3.05) is 18.5 Å². The number of ether oxygens (including phenoxy) is 2. The van der Waals surface area contributed by atoms with Crippen LogP contribution in [0.3, 0.4) is 0 Å².